The number of Topliss-reactive ketones (excluding diaryl/α,β-unsaturated/α-hetero) is 1. The molecule has 256 valence electrons. The summed E-state index contributed by atoms with van der Waals surface area (Å²) >= 11 is 6.37. The van der Waals surface area contributed by atoms with E-state index in [9.17, 15) is 22.8 Å². The predicted molar refractivity (Wildman–Crippen MR) is 171 cm³/mol. The maximum atomic E-state index is 14.2. The zero-order chi connectivity index (χ0) is 34.6. The number of unbranched alkanes of at least 4 members (excludes halogenated alkanes) is 1. The van der Waals surface area contributed by atoms with E-state index in [0.29, 0.717) is 48.8 Å². The Kier molecular flexibility index (Phi) is 10.7. The molecule has 4 aromatic rings. The Balaban J connectivity index is 1.42. The SMILES string of the molecule is CCOC(=O)CCCCOc1cc(CC2COc3c(cc(Cn4ccn(C)c4=N)cc3-c3cn(CC)nc3C(F)(F)F)C2=O)ccc1Cl. The fraction of sp³-hybridized carbons (Fsp3) is 0.412. The molecular weight excluding hydrogens is 651 g/mol. The molecule has 1 atom stereocenters. The summed E-state index contributed by atoms with van der Waals surface area (Å²) in [5, 5.41) is 12.5. The highest BCUT2D eigenvalue weighted by Gasteiger charge is 2.40. The van der Waals surface area contributed by atoms with Crippen LogP contribution in [0, 0.1) is 11.3 Å². The molecule has 2 aromatic heterocycles. The fourth-order valence-electron chi connectivity index (χ4n) is 5.64. The van der Waals surface area contributed by atoms with E-state index in [4.69, 9.17) is 31.2 Å². The highest BCUT2D eigenvalue weighted by atomic mass is 35.5. The molecule has 1 N–H and O–H groups in total. The van der Waals surface area contributed by atoms with Gasteiger partial charge in [-0.1, -0.05) is 17.7 Å². The van der Waals surface area contributed by atoms with Crippen LogP contribution in [0.1, 0.15) is 60.3 Å². The number of carbonyl (C=O) groups excluding carboxylic acids is 2. The maximum Gasteiger partial charge on any atom is 0.435 e. The summed E-state index contributed by atoms with van der Waals surface area (Å²) in [6.07, 6.45) is 1.77. The third kappa shape index (κ3) is 7.78. The molecule has 0 saturated carbocycles. The number of hydrogen-bond acceptors (Lipinski definition) is 7. The Morgan fingerprint density at radius 1 is 1.10 bits per heavy atom. The third-order valence-electron chi connectivity index (χ3n) is 8.10. The number of aromatic nitrogens is 4. The number of nitrogens with one attached hydrogen (secondary N) is 1. The number of hydrogen-bond donors (Lipinski definition) is 1. The van der Waals surface area contributed by atoms with Crippen LogP contribution in [0.15, 0.2) is 48.9 Å². The van der Waals surface area contributed by atoms with Gasteiger partial charge in [0.2, 0.25) is 5.62 Å². The second kappa shape index (κ2) is 14.7. The number of halogens is 4. The van der Waals surface area contributed by atoms with Gasteiger partial charge in [0.25, 0.3) is 0 Å². The summed E-state index contributed by atoms with van der Waals surface area (Å²) in [5.41, 5.74) is 0.535. The summed E-state index contributed by atoms with van der Waals surface area (Å²) in [5.74, 6) is -0.631. The Labute approximate surface area is 280 Å². The van der Waals surface area contributed by atoms with Gasteiger partial charge in [-0.25, -0.2) is 0 Å². The van der Waals surface area contributed by atoms with E-state index in [-0.39, 0.29) is 65.9 Å². The molecule has 1 aliphatic heterocycles. The number of ketones is 1. The molecule has 10 nitrogen and oxygen atoms in total. The van der Waals surface area contributed by atoms with E-state index in [1.165, 1.54) is 10.9 Å². The first kappa shape index (κ1) is 34.8. The standard InChI is InChI=1S/C34H37ClF3N5O5/c1-4-43-19-26(32(40-43)34(36,37)38)24-15-22(18-42-12-11-41(3)33(42)39)16-25-30(45)23(20-48-31(24)25)14-21-9-10-27(35)28(17-21)47-13-7-6-8-29(44)46-5-2/h9-12,15-17,19,23,39H,4-8,13-14,18,20H2,1-3H3. The molecule has 0 bridgehead atoms. The van der Waals surface area contributed by atoms with Crippen LogP contribution in [0.5, 0.6) is 11.5 Å². The quantitative estimate of drug-likeness (QED) is 0.128. The van der Waals surface area contributed by atoms with Gasteiger partial charge in [-0.15, -0.1) is 0 Å². The van der Waals surface area contributed by atoms with Gasteiger partial charge in [0.05, 0.1) is 42.9 Å². The molecule has 1 unspecified atom stereocenters. The smallest absolute Gasteiger partial charge is 0.435 e. The second-order valence-electron chi connectivity index (χ2n) is 11.6. The summed E-state index contributed by atoms with van der Waals surface area (Å²) in [7, 11) is 1.72. The van der Waals surface area contributed by atoms with Crippen LogP contribution in [0.4, 0.5) is 13.2 Å². The van der Waals surface area contributed by atoms with Crippen molar-refractivity contribution < 1.29 is 37.0 Å². The first-order valence-corrected chi connectivity index (χ1v) is 16.1. The van der Waals surface area contributed by atoms with Crippen molar-refractivity contribution in [2.45, 2.75) is 58.8 Å². The Morgan fingerprint density at radius 3 is 2.56 bits per heavy atom. The lowest BCUT2D eigenvalue weighted by Crippen LogP contribution is -2.30. The summed E-state index contributed by atoms with van der Waals surface area (Å²) < 4.78 is 63.9. The zero-order valence-electron chi connectivity index (χ0n) is 26.9. The fourth-order valence-corrected chi connectivity index (χ4v) is 5.82. The zero-order valence-corrected chi connectivity index (χ0v) is 27.7. The minimum absolute atomic E-state index is 0.0432. The van der Waals surface area contributed by atoms with Crippen molar-refractivity contribution in [3.8, 4) is 22.6 Å². The van der Waals surface area contributed by atoms with Crippen molar-refractivity contribution in [2.24, 2.45) is 13.0 Å². The molecule has 0 radical (unpaired) electrons. The Morgan fingerprint density at radius 2 is 1.88 bits per heavy atom. The number of rotatable bonds is 13. The molecule has 0 spiro atoms. The van der Waals surface area contributed by atoms with E-state index in [1.807, 2.05) is 0 Å². The third-order valence-corrected chi connectivity index (χ3v) is 8.42. The van der Waals surface area contributed by atoms with Gasteiger partial charge in [0.15, 0.2) is 11.5 Å². The number of imidazole rings is 1. The van der Waals surface area contributed by atoms with Gasteiger partial charge < -0.3 is 23.3 Å². The number of benzene rings is 2. The molecule has 0 fully saturated rings. The van der Waals surface area contributed by atoms with E-state index < -0.39 is 17.8 Å². The second-order valence-corrected chi connectivity index (χ2v) is 12.0. The number of alkyl halides is 3. The van der Waals surface area contributed by atoms with Crippen molar-refractivity contribution in [2.75, 3.05) is 19.8 Å². The van der Waals surface area contributed by atoms with Crippen molar-refractivity contribution in [3.05, 3.63) is 81.9 Å². The first-order valence-electron chi connectivity index (χ1n) is 15.7. The average molecular weight is 688 g/mol. The van der Waals surface area contributed by atoms with Crippen LogP contribution in [-0.2, 0) is 42.3 Å². The number of fused-ring (bicyclic) bond motifs is 1. The molecule has 14 heteroatoms. The van der Waals surface area contributed by atoms with Crippen LogP contribution in [0.3, 0.4) is 0 Å². The van der Waals surface area contributed by atoms with Gasteiger partial charge in [0.1, 0.15) is 11.5 Å². The minimum Gasteiger partial charge on any atom is -0.492 e. The van der Waals surface area contributed by atoms with Gasteiger partial charge in [-0.3, -0.25) is 19.7 Å². The van der Waals surface area contributed by atoms with Crippen LogP contribution in [0.25, 0.3) is 11.1 Å². The van der Waals surface area contributed by atoms with Crippen molar-refractivity contribution in [3.63, 3.8) is 0 Å². The summed E-state index contributed by atoms with van der Waals surface area (Å²) in [4.78, 5) is 25.6. The van der Waals surface area contributed by atoms with Crippen LogP contribution in [-0.4, -0.2) is 50.5 Å². The lowest BCUT2D eigenvalue weighted by atomic mass is 9.86. The van der Waals surface area contributed by atoms with Gasteiger partial charge >= 0.3 is 12.1 Å². The molecule has 0 amide bonds. The molecule has 0 aliphatic carbocycles. The number of esters is 1. The summed E-state index contributed by atoms with van der Waals surface area (Å²) in [6.45, 7) is 4.44. The van der Waals surface area contributed by atoms with E-state index in [1.54, 1.807) is 72.8 Å². The lowest BCUT2D eigenvalue weighted by molar-refractivity contribution is -0.143. The maximum absolute atomic E-state index is 14.2. The van der Waals surface area contributed by atoms with Gasteiger partial charge in [0, 0.05) is 49.7 Å². The normalized spacial score (nSPS) is 14.5. The van der Waals surface area contributed by atoms with Crippen molar-refractivity contribution in [1.82, 2.24) is 18.9 Å². The Bertz CT molecular complexity index is 1860. The molecule has 0 saturated heterocycles. The topological polar surface area (TPSA) is 113 Å². The molecule has 48 heavy (non-hydrogen) atoms. The van der Waals surface area contributed by atoms with Crippen LogP contribution in [0.2, 0.25) is 5.02 Å². The van der Waals surface area contributed by atoms with E-state index >= 15 is 0 Å². The minimum atomic E-state index is -4.74. The summed E-state index contributed by atoms with van der Waals surface area (Å²) in [6, 6.07) is 8.44. The van der Waals surface area contributed by atoms with E-state index in [2.05, 4.69) is 5.10 Å². The van der Waals surface area contributed by atoms with E-state index in [0.717, 1.165) is 5.56 Å². The molecular formula is C34H37ClF3N5O5. The van der Waals surface area contributed by atoms with Crippen LogP contribution >= 0.6 is 11.6 Å². The van der Waals surface area contributed by atoms with Crippen molar-refractivity contribution >= 4 is 23.4 Å². The molecule has 1 aliphatic rings. The molecule has 5 rings (SSSR count). The number of carbonyl (C=O) groups is 2. The van der Waals surface area contributed by atoms with Gasteiger partial charge in [-0.2, -0.15) is 18.3 Å². The highest BCUT2D eigenvalue weighted by molar-refractivity contribution is 6.32. The Hall–Kier alpha value is -4.52. The highest BCUT2D eigenvalue weighted by Crippen LogP contribution is 2.44. The number of nitrogens with zero attached hydrogens (tertiary/aromatic N) is 4. The van der Waals surface area contributed by atoms with Crippen LogP contribution < -0.4 is 15.1 Å². The predicted octanol–water partition coefficient (Wildman–Crippen LogP) is 6.46. The lowest BCUT2D eigenvalue weighted by Gasteiger charge is -2.27. The monoisotopic (exact) mass is 687 g/mol. The first-order chi connectivity index (χ1) is 22.9. The number of aryl methyl sites for hydroxylation is 2. The molecule has 2 aromatic carbocycles. The molecule has 3 heterocycles. The van der Waals surface area contributed by atoms with Gasteiger partial charge in [-0.05, 0) is 68.5 Å². The van der Waals surface area contributed by atoms with Crippen molar-refractivity contribution in [1.29, 1.82) is 5.41 Å². The number of ether oxygens (including phenoxy) is 3. The average Bonchev–Trinajstić information content (AvgIpc) is 3.63. The largest absolute Gasteiger partial charge is 0.492 e.